The number of hydrogen-bond acceptors (Lipinski definition) is 4. The smallest absolute Gasteiger partial charge is 0.366 e. The fourth-order valence-electron chi connectivity index (χ4n) is 3.37. The van der Waals surface area contributed by atoms with Crippen LogP contribution in [0, 0.1) is 16.7 Å². The summed E-state index contributed by atoms with van der Waals surface area (Å²) >= 11 is 0. The van der Waals surface area contributed by atoms with Crippen molar-refractivity contribution in [2.75, 3.05) is 0 Å². The van der Waals surface area contributed by atoms with Crippen LogP contribution in [-0.2, 0) is 19.1 Å². The highest BCUT2D eigenvalue weighted by Crippen LogP contribution is 2.34. The highest BCUT2D eigenvalue weighted by Gasteiger charge is 2.33. The molecule has 0 radical (unpaired) electrons. The van der Waals surface area contributed by atoms with Crippen LogP contribution in [0.25, 0.3) is 11.3 Å². The van der Waals surface area contributed by atoms with Crippen LogP contribution in [0.15, 0.2) is 48.7 Å². The number of nitrogens with zero attached hydrogens (tertiary/aromatic N) is 4. The minimum Gasteiger partial charge on any atom is -0.366 e. The molecule has 4 rings (SSSR count). The summed E-state index contributed by atoms with van der Waals surface area (Å²) < 4.78 is 40.1. The van der Waals surface area contributed by atoms with E-state index in [1.807, 2.05) is 16.8 Å². The third-order valence-corrected chi connectivity index (χ3v) is 5.12. The minimum absolute atomic E-state index is 0.172. The number of aryl methyl sites for hydroxylation is 1. The fraction of sp³-hybridized carbons (Fsp3) is 0.304. The van der Waals surface area contributed by atoms with E-state index < -0.39 is 17.8 Å². The second-order valence-corrected chi connectivity index (χ2v) is 8.33. The van der Waals surface area contributed by atoms with Crippen LogP contribution >= 0.6 is 0 Å². The van der Waals surface area contributed by atoms with Gasteiger partial charge in [0.1, 0.15) is 5.69 Å². The first-order valence-corrected chi connectivity index (χ1v) is 9.89. The normalized spacial score (nSPS) is 14.5. The summed E-state index contributed by atoms with van der Waals surface area (Å²) in [5, 5.41) is 12.9. The number of fused-ring (bicyclic) bond motifs is 1. The van der Waals surface area contributed by atoms with Gasteiger partial charge in [0, 0.05) is 29.6 Å². The molecule has 3 heterocycles. The van der Waals surface area contributed by atoms with Crippen LogP contribution in [0.1, 0.15) is 47.6 Å². The maximum atomic E-state index is 12.7. The van der Waals surface area contributed by atoms with Crippen molar-refractivity contribution >= 4 is 5.91 Å². The summed E-state index contributed by atoms with van der Waals surface area (Å²) in [5.74, 6) is -0.512. The molecule has 0 spiro atoms. The molecule has 0 saturated carbocycles. The molecule has 2 N–H and O–H groups in total. The average molecular weight is 441 g/mol. The summed E-state index contributed by atoms with van der Waals surface area (Å²) in [6, 6.07) is 12.7. The lowest BCUT2D eigenvalue weighted by molar-refractivity contribution is -0.141. The van der Waals surface area contributed by atoms with Crippen LogP contribution in [0.4, 0.5) is 13.2 Å². The van der Waals surface area contributed by atoms with Gasteiger partial charge in [-0.15, -0.1) is 0 Å². The van der Waals surface area contributed by atoms with Crippen molar-refractivity contribution in [2.24, 2.45) is 11.1 Å². The molecule has 3 aromatic rings. The van der Waals surface area contributed by atoms with E-state index in [1.165, 1.54) is 12.3 Å². The number of carbonyl (C=O) groups is 1. The van der Waals surface area contributed by atoms with Gasteiger partial charge in [-0.2, -0.15) is 23.5 Å². The Labute approximate surface area is 183 Å². The molecule has 9 heteroatoms. The van der Waals surface area contributed by atoms with E-state index in [-0.39, 0.29) is 5.41 Å². The van der Waals surface area contributed by atoms with Gasteiger partial charge in [0.05, 0.1) is 17.3 Å². The standard InChI is InChI=1S/C15H16F3N3.C8H6N2O/c1-14(2)5-3-11-8-12(20-21(11)9-14)10-4-6-19-13(7-10)15(16,17)18;9-5-6-2-1-3-7(4-6)8(10)11/h4,6-8H,3,5,9H2,1-2H3;1-4H,(H2,10,11). The van der Waals surface area contributed by atoms with Gasteiger partial charge in [-0.05, 0) is 54.7 Å². The number of benzene rings is 1. The zero-order valence-electron chi connectivity index (χ0n) is 17.6. The van der Waals surface area contributed by atoms with E-state index in [9.17, 15) is 18.0 Å². The first kappa shape index (κ1) is 23.0. The summed E-state index contributed by atoms with van der Waals surface area (Å²) in [4.78, 5) is 14.0. The van der Waals surface area contributed by atoms with Crippen molar-refractivity contribution in [3.63, 3.8) is 0 Å². The number of rotatable bonds is 2. The predicted octanol–water partition coefficient (Wildman–Crippen LogP) is 4.59. The van der Waals surface area contributed by atoms with Gasteiger partial charge in [0.2, 0.25) is 5.91 Å². The van der Waals surface area contributed by atoms with Crippen LogP contribution in [0.5, 0.6) is 0 Å². The first-order valence-electron chi connectivity index (χ1n) is 9.89. The lowest BCUT2D eigenvalue weighted by Gasteiger charge is -2.29. The number of primary amides is 1. The molecule has 1 amide bonds. The zero-order chi connectivity index (χ0) is 23.5. The van der Waals surface area contributed by atoms with Crippen molar-refractivity contribution in [1.82, 2.24) is 14.8 Å². The van der Waals surface area contributed by atoms with Crippen LogP contribution in [0.3, 0.4) is 0 Å². The molecule has 1 aliphatic rings. The zero-order valence-corrected chi connectivity index (χ0v) is 17.6. The summed E-state index contributed by atoms with van der Waals surface area (Å²) in [7, 11) is 0. The van der Waals surface area contributed by atoms with E-state index in [2.05, 4.69) is 23.9 Å². The maximum absolute atomic E-state index is 12.7. The Morgan fingerprint density at radius 2 is 1.97 bits per heavy atom. The number of aromatic nitrogens is 3. The summed E-state index contributed by atoms with van der Waals surface area (Å²) in [6.45, 7) is 5.14. The van der Waals surface area contributed by atoms with Crippen molar-refractivity contribution < 1.29 is 18.0 Å². The van der Waals surface area contributed by atoms with Crippen molar-refractivity contribution in [1.29, 1.82) is 5.26 Å². The largest absolute Gasteiger partial charge is 0.433 e. The number of carbonyl (C=O) groups excluding carboxylic acids is 1. The lowest BCUT2D eigenvalue weighted by atomic mass is 9.85. The van der Waals surface area contributed by atoms with Gasteiger partial charge in [-0.25, -0.2) is 0 Å². The molecule has 2 aromatic heterocycles. The number of halogens is 3. The fourth-order valence-corrected chi connectivity index (χ4v) is 3.37. The predicted molar refractivity (Wildman–Crippen MR) is 112 cm³/mol. The van der Waals surface area contributed by atoms with Gasteiger partial charge in [0.25, 0.3) is 0 Å². The number of alkyl halides is 3. The molecule has 0 aliphatic carbocycles. The number of amides is 1. The average Bonchev–Trinajstić information content (AvgIpc) is 3.16. The van der Waals surface area contributed by atoms with Crippen LogP contribution in [0.2, 0.25) is 0 Å². The molecule has 0 bridgehead atoms. The molecule has 0 atom stereocenters. The topological polar surface area (TPSA) is 97.6 Å². The Morgan fingerprint density at radius 1 is 1.22 bits per heavy atom. The van der Waals surface area contributed by atoms with E-state index in [1.54, 1.807) is 24.3 Å². The molecule has 166 valence electrons. The monoisotopic (exact) mass is 441 g/mol. The van der Waals surface area contributed by atoms with Gasteiger partial charge in [0.15, 0.2) is 0 Å². The number of hydrogen-bond donors (Lipinski definition) is 1. The highest BCUT2D eigenvalue weighted by atomic mass is 19.4. The molecule has 1 aliphatic heterocycles. The second kappa shape index (κ2) is 8.83. The lowest BCUT2D eigenvalue weighted by Crippen LogP contribution is -2.27. The van der Waals surface area contributed by atoms with Crippen molar-refractivity contribution in [2.45, 2.75) is 39.4 Å². The second-order valence-electron chi connectivity index (χ2n) is 8.33. The Bertz CT molecular complexity index is 1170. The Balaban J connectivity index is 0.000000222. The molecule has 32 heavy (non-hydrogen) atoms. The molecule has 0 saturated heterocycles. The minimum atomic E-state index is -4.43. The first-order chi connectivity index (χ1) is 15.0. The Hall–Kier alpha value is -3.67. The molecule has 0 fully saturated rings. The third kappa shape index (κ3) is 5.52. The molecular weight excluding hydrogens is 419 g/mol. The SMILES string of the molecule is CC1(C)CCc2cc(-c3ccnc(C(F)(F)F)c3)nn2C1.N#Cc1cccc(C(N)=O)c1. The Kier molecular flexibility index (Phi) is 6.35. The molecule has 6 nitrogen and oxygen atoms in total. The number of pyridine rings is 1. The summed E-state index contributed by atoms with van der Waals surface area (Å²) in [5.41, 5.74) is 7.20. The van der Waals surface area contributed by atoms with E-state index >= 15 is 0 Å². The van der Waals surface area contributed by atoms with Crippen molar-refractivity contribution in [3.8, 4) is 17.3 Å². The van der Waals surface area contributed by atoms with Crippen LogP contribution < -0.4 is 5.73 Å². The number of nitriles is 1. The molecular formula is C23H22F3N5O. The van der Waals surface area contributed by atoms with E-state index in [4.69, 9.17) is 11.0 Å². The maximum Gasteiger partial charge on any atom is 0.433 e. The van der Waals surface area contributed by atoms with E-state index in [0.717, 1.165) is 31.1 Å². The van der Waals surface area contributed by atoms with Gasteiger partial charge in [-0.3, -0.25) is 14.5 Å². The van der Waals surface area contributed by atoms with Crippen LogP contribution in [-0.4, -0.2) is 20.7 Å². The van der Waals surface area contributed by atoms with Crippen molar-refractivity contribution in [3.05, 3.63) is 71.2 Å². The third-order valence-electron chi connectivity index (χ3n) is 5.12. The van der Waals surface area contributed by atoms with Gasteiger partial charge >= 0.3 is 6.18 Å². The number of nitrogens with two attached hydrogens (primary N) is 1. The molecule has 1 aromatic carbocycles. The highest BCUT2D eigenvalue weighted by molar-refractivity contribution is 5.93. The molecule has 0 unspecified atom stereocenters. The van der Waals surface area contributed by atoms with Gasteiger partial charge < -0.3 is 5.73 Å². The Morgan fingerprint density at radius 3 is 2.62 bits per heavy atom. The summed E-state index contributed by atoms with van der Waals surface area (Å²) in [6.07, 6.45) is -1.29. The van der Waals surface area contributed by atoms with Gasteiger partial charge in [-0.1, -0.05) is 19.9 Å². The van der Waals surface area contributed by atoms with E-state index in [0.29, 0.717) is 22.4 Å². The quantitative estimate of drug-likeness (QED) is 0.629.